The molecule has 0 aliphatic carbocycles. The van der Waals surface area contributed by atoms with Crippen molar-refractivity contribution in [2.75, 3.05) is 0 Å². The minimum Gasteiger partial charge on any atom is -0.267 e. The van der Waals surface area contributed by atoms with Crippen LogP contribution in [-0.4, -0.2) is 22.1 Å². The minimum absolute atomic E-state index is 0.327. The molecule has 2 aromatic carbocycles. The molecular formula is C22H15FN4O. The van der Waals surface area contributed by atoms with Gasteiger partial charge in [-0.05, 0) is 42.0 Å². The van der Waals surface area contributed by atoms with Gasteiger partial charge in [-0.25, -0.2) is 14.8 Å². The van der Waals surface area contributed by atoms with Gasteiger partial charge in [0.2, 0.25) is 0 Å². The van der Waals surface area contributed by atoms with Crippen LogP contribution in [-0.2, 0) is 0 Å². The Hall–Kier alpha value is -3.93. The Labute approximate surface area is 160 Å². The van der Waals surface area contributed by atoms with Crippen molar-refractivity contribution in [3.63, 3.8) is 0 Å². The van der Waals surface area contributed by atoms with Crippen LogP contribution >= 0.6 is 0 Å². The molecular weight excluding hydrogens is 355 g/mol. The molecule has 0 fully saturated rings. The van der Waals surface area contributed by atoms with E-state index in [1.807, 2.05) is 36.4 Å². The van der Waals surface area contributed by atoms with Crippen LogP contribution in [0.4, 0.5) is 4.39 Å². The number of carbonyl (C=O) groups excluding carboxylic acids is 1. The average Bonchev–Trinajstić information content (AvgIpc) is 2.75. The largest absolute Gasteiger partial charge is 0.272 e. The van der Waals surface area contributed by atoms with Gasteiger partial charge in [0.15, 0.2) is 0 Å². The first kappa shape index (κ1) is 17.5. The first-order chi connectivity index (χ1) is 13.7. The number of pyridine rings is 2. The molecule has 0 unspecified atom stereocenters. The van der Waals surface area contributed by atoms with E-state index in [1.54, 1.807) is 30.6 Å². The number of nitrogens with one attached hydrogen (secondary N) is 1. The lowest BCUT2D eigenvalue weighted by Crippen LogP contribution is -2.18. The number of carbonyl (C=O) groups is 1. The van der Waals surface area contributed by atoms with Crippen LogP contribution in [0.2, 0.25) is 0 Å². The highest BCUT2D eigenvalue weighted by atomic mass is 19.1. The fourth-order valence-corrected chi connectivity index (χ4v) is 2.80. The van der Waals surface area contributed by atoms with Gasteiger partial charge in [0, 0.05) is 23.3 Å². The molecule has 1 amide bonds. The number of benzene rings is 2. The van der Waals surface area contributed by atoms with Crippen LogP contribution in [0.25, 0.3) is 22.2 Å². The van der Waals surface area contributed by atoms with Crippen LogP contribution in [0, 0.1) is 5.82 Å². The molecule has 2 heterocycles. The zero-order valence-corrected chi connectivity index (χ0v) is 14.7. The number of para-hydroxylation sites is 1. The van der Waals surface area contributed by atoms with E-state index in [2.05, 4.69) is 20.5 Å². The Kier molecular flexibility index (Phi) is 4.84. The lowest BCUT2D eigenvalue weighted by atomic mass is 10.0. The zero-order chi connectivity index (χ0) is 19.3. The Bertz CT molecular complexity index is 1160. The van der Waals surface area contributed by atoms with Gasteiger partial charge in [0.05, 0.1) is 23.0 Å². The maximum absolute atomic E-state index is 13.0. The van der Waals surface area contributed by atoms with E-state index in [9.17, 15) is 9.18 Å². The predicted molar refractivity (Wildman–Crippen MR) is 106 cm³/mol. The number of halogens is 1. The van der Waals surface area contributed by atoms with Crippen molar-refractivity contribution in [3.05, 3.63) is 96.1 Å². The van der Waals surface area contributed by atoms with Gasteiger partial charge in [-0.1, -0.05) is 30.3 Å². The summed E-state index contributed by atoms with van der Waals surface area (Å²) in [4.78, 5) is 21.5. The minimum atomic E-state index is -0.359. The molecule has 0 aliphatic rings. The monoisotopic (exact) mass is 370 g/mol. The Balaban J connectivity index is 1.66. The number of rotatable bonds is 4. The van der Waals surface area contributed by atoms with E-state index < -0.39 is 0 Å². The molecule has 1 N–H and O–H groups in total. The summed E-state index contributed by atoms with van der Waals surface area (Å²) in [6, 6.07) is 18.7. The first-order valence-corrected chi connectivity index (χ1v) is 8.60. The summed E-state index contributed by atoms with van der Waals surface area (Å²) in [5, 5.41) is 4.70. The fourth-order valence-electron chi connectivity index (χ4n) is 2.80. The second-order valence-electron chi connectivity index (χ2n) is 6.06. The molecule has 0 saturated carbocycles. The molecule has 6 heteroatoms. The standard InChI is InChI=1S/C22H15FN4O/c23-17-9-7-15(8-10-17)13-25-27-22(28)19-12-21(16-4-3-11-24-14-16)26-20-6-2-1-5-18(19)20/h1-14H,(H,27,28). The van der Waals surface area contributed by atoms with E-state index in [0.717, 1.165) is 10.9 Å². The molecule has 5 nitrogen and oxygen atoms in total. The SMILES string of the molecule is O=C(NN=Cc1ccc(F)cc1)c1cc(-c2cccnc2)nc2ccccc12. The van der Waals surface area contributed by atoms with Gasteiger partial charge in [-0.2, -0.15) is 5.10 Å². The van der Waals surface area contributed by atoms with Gasteiger partial charge >= 0.3 is 0 Å². The van der Waals surface area contributed by atoms with Crippen molar-refractivity contribution < 1.29 is 9.18 Å². The Morgan fingerprint density at radius 2 is 1.86 bits per heavy atom. The second-order valence-corrected chi connectivity index (χ2v) is 6.06. The second kappa shape index (κ2) is 7.75. The molecule has 0 aliphatic heterocycles. The number of amides is 1. The lowest BCUT2D eigenvalue weighted by molar-refractivity contribution is 0.0956. The summed E-state index contributed by atoms with van der Waals surface area (Å²) in [6.45, 7) is 0. The molecule has 0 bridgehead atoms. The van der Waals surface area contributed by atoms with Gasteiger partial charge in [0.25, 0.3) is 5.91 Å². The molecule has 2 aromatic heterocycles. The third kappa shape index (κ3) is 3.76. The smallest absolute Gasteiger partial charge is 0.267 e. The summed E-state index contributed by atoms with van der Waals surface area (Å²) in [7, 11) is 0. The van der Waals surface area contributed by atoms with E-state index in [1.165, 1.54) is 18.3 Å². The average molecular weight is 370 g/mol. The summed E-state index contributed by atoms with van der Waals surface area (Å²) in [5.41, 5.74) is 5.84. The number of fused-ring (bicyclic) bond motifs is 1. The Morgan fingerprint density at radius 3 is 2.64 bits per heavy atom. The number of nitrogens with zero attached hydrogens (tertiary/aromatic N) is 3. The molecule has 0 radical (unpaired) electrons. The highest BCUT2D eigenvalue weighted by Crippen LogP contribution is 2.24. The van der Waals surface area contributed by atoms with Crippen molar-refractivity contribution in [2.45, 2.75) is 0 Å². The third-order valence-corrected chi connectivity index (χ3v) is 4.17. The maximum atomic E-state index is 13.0. The number of hydrogen-bond acceptors (Lipinski definition) is 4. The van der Waals surface area contributed by atoms with Crippen LogP contribution in [0.1, 0.15) is 15.9 Å². The van der Waals surface area contributed by atoms with E-state index in [4.69, 9.17) is 0 Å². The molecule has 4 aromatic rings. The quantitative estimate of drug-likeness (QED) is 0.432. The van der Waals surface area contributed by atoms with Crippen molar-refractivity contribution in [1.29, 1.82) is 0 Å². The predicted octanol–water partition coefficient (Wildman–Crippen LogP) is 4.20. The van der Waals surface area contributed by atoms with Crippen molar-refractivity contribution in [1.82, 2.24) is 15.4 Å². The number of aromatic nitrogens is 2. The zero-order valence-electron chi connectivity index (χ0n) is 14.7. The first-order valence-electron chi connectivity index (χ1n) is 8.60. The Morgan fingerprint density at radius 1 is 1.04 bits per heavy atom. The van der Waals surface area contributed by atoms with Crippen molar-refractivity contribution in [2.24, 2.45) is 5.10 Å². The van der Waals surface area contributed by atoms with Gasteiger partial charge in [-0.3, -0.25) is 9.78 Å². The maximum Gasteiger partial charge on any atom is 0.272 e. The third-order valence-electron chi connectivity index (χ3n) is 4.17. The van der Waals surface area contributed by atoms with Gasteiger partial charge in [0.1, 0.15) is 5.82 Å². The molecule has 136 valence electrons. The molecule has 0 saturated heterocycles. The summed E-state index contributed by atoms with van der Waals surface area (Å²) in [6.07, 6.45) is 4.84. The van der Waals surface area contributed by atoms with E-state index >= 15 is 0 Å². The summed E-state index contributed by atoms with van der Waals surface area (Å²) < 4.78 is 13.0. The van der Waals surface area contributed by atoms with Crippen molar-refractivity contribution in [3.8, 4) is 11.3 Å². The fraction of sp³-hybridized carbons (Fsp3) is 0. The van der Waals surface area contributed by atoms with E-state index in [-0.39, 0.29) is 11.7 Å². The van der Waals surface area contributed by atoms with Gasteiger partial charge in [-0.15, -0.1) is 0 Å². The molecule has 28 heavy (non-hydrogen) atoms. The topological polar surface area (TPSA) is 67.2 Å². The highest BCUT2D eigenvalue weighted by molar-refractivity contribution is 6.07. The molecule has 0 atom stereocenters. The summed E-state index contributed by atoms with van der Waals surface area (Å²) in [5.74, 6) is -0.686. The molecule has 4 rings (SSSR count). The van der Waals surface area contributed by atoms with Crippen molar-refractivity contribution >= 4 is 23.0 Å². The van der Waals surface area contributed by atoms with Crippen LogP contribution in [0.15, 0.2) is 84.2 Å². The summed E-state index contributed by atoms with van der Waals surface area (Å²) >= 11 is 0. The van der Waals surface area contributed by atoms with E-state index in [0.29, 0.717) is 22.3 Å². The van der Waals surface area contributed by atoms with Gasteiger partial charge < -0.3 is 0 Å². The normalized spacial score (nSPS) is 11.0. The lowest BCUT2D eigenvalue weighted by Gasteiger charge is -2.08. The highest BCUT2D eigenvalue weighted by Gasteiger charge is 2.13. The van der Waals surface area contributed by atoms with Crippen LogP contribution in [0.3, 0.4) is 0 Å². The number of hydrazone groups is 1. The van der Waals surface area contributed by atoms with Crippen LogP contribution in [0.5, 0.6) is 0 Å². The number of hydrogen-bond donors (Lipinski definition) is 1. The van der Waals surface area contributed by atoms with Crippen LogP contribution < -0.4 is 5.43 Å². The molecule has 0 spiro atoms.